The normalized spacial score (nSPS) is 30.2. The van der Waals surface area contributed by atoms with Gasteiger partial charge in [0.05, 0.1) is 19.3 Å². The topological polar surface area (TPSA) is 114 Å². The van der Waals surface area contributed by atoms with Crippen LogP contribution in [0.1, 0.15) is 41.3 Å². The molecule has 0 saturated carbocycles. The van der Waals surface area contributed by atoms with Crippen LogP contribution in [0.25, 0.3) is 0 Å². The van der Waals surface area contributed by atoms with Gasteiger partial charge in [0.15, 0.2) is 0 Å². The van der Waals surface area contributed by atoms with Crippen LogP contribution >= 0.6 is 0 Å². The molecule has 6 atom stereocenters. The maximum Gasteiger partial charge on any atom is 0.263 e. The summed E-state index contributed by atoms with van der Waals surface area (Å²) in [5, 5.41) is 40.0. The van der Waals surface area contributed by atoms with E-state index in [9.17, 15) is 29.2 Å². The van der Waals surface area contributed by atoms with Gasteiger partial charge in [0.2, 0.25) is 6.29 Å². The first-order valence-electron chi connectivity index (χ1n) is 10.9. The first-order chi connectivity index (χ1) is 15.8. The van der Waals surface area contributed by atoms with Crippen molar-refractivity contribution in [3.05, 3.63) is 52.8 Å². The Morgan fingerprint density at radius 3 is 2.45 bits per heavy atom. The van der Waals surface area contributed by atoms with Gasteiger partial charge in [0.1, 0.15) is 30.2 Å². The highest BCUT2D eigenvalue weighted by molar-refractivity contribution is 5.42. The summed E-state index contributed by atoms with van der Waals surface area (Å²) in [5.41, 5.74) is 2.39. The molecule has 10 heteroatoms. The molecule has 0 amide bonds. The maximum absolute atomic E-state index is 12.9. The average Bonchev–Trinajstić information content (AvgIpc) is 3.44. The van der Waals surface area contributed by atoms with Gasteiger partial charge in [0, 0.05) is 36.0 Å². The van der Waals surface area contributed by atoms with Crippen molar-refractivity contribution in [3.63, 3.8) is 0 Å². The molecule has 4 rings (SSSR count). The van der Waals surface area contributed by atoms with Crippen molar-refractivity contribution in [2.45, 2.75) is 62.9 Å². The number of ether oxygens (including phenoxy) is 3. The van der Waals surface area contributed by atoms with E-state index in [1.54, 1.807) is 18.3 Å². The highest BCUT2D eigenvalue weighted by Crippen LogP contribution is 2.35. The summed E-state index contributed by atoms with van der Waals surface area (Å²) < 4.78 is 44.8. The fourth-order valence-corrected chi connectivity index (χ4v) is 4.35. The molecule has 0 aliphatic carbocycles. The first kappa shape index (κ1) is 24.1. The zero-order chi connectivity index (χ0) is 23.7. The van der Waals surface area contributed by atoms with Gasteiger partial charge < -0.3 is 39.2 Å². The van der Waals surface area contributed by atoms with Gasteiger partial charge in [-0.1, -0.05) is 24.3 Å². The van der Waals surface area contributed by atoms with Crippen LogP contribution < -0.4 is 4.74 Å². The molecule has 1 aromatic heterocycles. The molecule has 0 spiro atoms. The van der Waals surface area contributed by atoms with E-state index in [-0.39, 0.29) is 11.6 Å². The van der Waals surface area contributed by atoms with E-state index < -0.39 is 43.7 Å². The summed E-state index contributed by atoms with van der Waals surface area (Å²) in [4.78, 5) is 0. The summed E-state index contributed by atoms with van der Waals surface area (Å²) in [5.74, 6) is 0.390. The molecule has 8 nitrogen and oxygen atoms in total. The molecule has 33 heavy (non-hydrogen) atoms. The molecule has 2 aliphatic heterocycles. The van der Waals surface area contributed by atoms with Crippen LogP contribution in [-0.4, -0.2) is 75.5 Å². The molecule has 2 fully saturated rings. The zero-order valence-corrected chi connectivity index (χ0v) is 18.2. The molecule has 3 heterocycles. The minimum Gasteiger partial charge on any atom is -0.460 e. The number of alkyl halides is 2. The second kappa shape index (κ2) is 10.0. The van der Waals surface area contributed by atoms with Crippen LogP contribution in [0.3, 0.4) is 0 Å². The highest BCUT2D eigenvalue weighted by Gasteiger charge is 2.45. The highest BCUT2D eigenvalue weighted by atomic mass is 19.3. The van der Waals surface area contributed by atoms with Crippen molar-refractivity contribution >= 4 is 0 Å². The van der Waals surface area contributed by atoms with E-state index in [1.807, 2.05) is 11.5 Å². The van der Waals surface area contributed by atoms with Gasteiger partial charge in [-0.2, -0.15) is 0 Å². The van der Waals surface area contributed by atoms with E-state index in [4.69, 9.17) is 14.2 Å². The van der Waals surface area contributed by atoms with E-state index in [0.717, 1.165) is 23.2 Å². The van der Waals surface area contributed by atoms with Crippen molar-refractivity contribution in [1.82, 2.24) is 4.57 Å². The van der Waals surface area contributed by atoms with Crippen LogP contribution in [-0.2, 0) is 15.9 Å². The minimum absolute atomic E-state index is 0.0612. The van der Waals surface area contributed by atoms with E-state index in [0.29, 0.717) is 25.4 Å². The molecule has 4 N–H and O–H groups in total. The van der Waals surface area contributed by atoms with Gasteiger partial charge in [0.25, 0.3) is 6.43 Å². The summed E-state index contributed by atoms with van der Waals surface area (Å²) in [6, 6.07) is 6.13. The van der Waals surface area contributed by atoms with Gasteiger partial charge >= 0.3 is 0 Å². The van der Waals surface area contributed by atoms with Crippen LogP contribution in [0.2, 0.25) is 0 Å². The minimum atomic E-state index is -2.55. The Bertz CT molecular complexity index is 928. The van der Waals surface area contributed by atoms with Crippen LogP contribution in [0.5, 0.6) is 5.75 Å². The van der Waals surface area contributed by atoms with Crippen molar-refractivity contribution < 1.29 is 43.4 Å². The molecular formula is C23H29F2NO7. The van der Waals surface area contributed by atoms with E-state index in [2.05, 4.69) is 0 Å². The average molecular weight is 469 g/mol. The number of halogens is 2. The standard InChI is InChI=1S/C23H29F2NO7/c1-12-16(8-13-2-4-14(5-3-13)22(24)25)17(9-26(12)15-6-7-31-11-15)32-23-21(30)20(29)19(28)18(10-27)33-23/h2-5,9,15,18-23,27-30H,6-8,10-11H2,1H3/t15?,18-,19-,20+,21-,23-/m1/s1. The van der Waals surface area contributed by atoms with Crippen molar-refractivity contribution in [2.24, 2.45) is 0 Å². The largest absolute Gasteiger partial charge is 0.460 e. The molecule has 182 valence electrons. The molecule has 2 aliphatic rings. The lowest BCUT2D eigenvalue weighted by atomic mass is 9.99. The number of aliphatic hydroxyl groups is 4. The Balaban J connectivity index is 1.63. The third-order valence-electron chi connectivity index (χ3n) is 6.38. The van der Waals surface area contributed by atoms with Crippen LogP contribution in [0, 0.1) is 6.92 Å². The molecule has 0 bridgehead atoms. The number of hydrogen-bond acceptors (Lipinski definition) is 7. The molecular weight excluding hydrogens is 440 g/mol. The van der Waals surface area contributed by atoms with E-state index in [1.165, 1.54) is 12.1 Å². The number of benzene rings is 1. The lowest BCUT2D eigenvalue weighted by Crippen LogP contribution is -2.60. The fraction of sp³-hybridized carbons (Fsp3) is 0.565. The first-order valence-corrected chi connectivity index (χ1v) is 10.9. The Kier molecular flexibility index (Phi) is 7.32. The molecule has 2 aromatic rings. The molecule has 1 aromatic carbocycles. The summed E-state index contributed by atoms with van der Waals surface area (Å²) in [6.45, 7) is 2.53. The lowest BCUT2D eigenvalue weighted by molar-refractivity contribution is -0.277. The number of hydrogen-bond donors (Lipinski definition) is 4. The maximum atomic E-state index is 12.9. The van der Waals surface area contributed by atoms with Crippen molar-refractivity contribution in [2.75, 3.05) is 19.8 Å². The Morgan fingerprint density at radius 2 is 1.85 bits per heavy atom. The second-order valence-electron chi connectivity index (χ2n) is 8.52. The quantitative estimate of drug-likeness (QED) is 0.486. The monoisotopic (exact) mass is 469 g/mol. The Labute approximate surface area is 189 Å². The van der Waals surface area contributed by atoms with Gasteiger partial charge in [-0.25, -0.2) is 8.78 Å². The van der Waals surface area contributed by atoms with Crippen molar-refractivity contribution in [1.29, 1.82) is 0 Å². The number of rotatable bonds is 7. The molecule has 2 saturated heterocycles. The predicted molar refractivity (Wildman–Crippen MR) is 112 cm³/mol. The smallest absolute Gasteiger partial charge is 0.263 e. The van der Waals surface area contributed by atoms with Gasteiger partial charge in [-0.05, 0) is 18.9 Å². The van der Waals surface area contributed by atoms with Gasteiger partial charge in [-0.3, -0.25) is 0 Å². The predicted octanol–water partition coefficient (Wildman–Crippen LogP) is 1.47. The van der Waals surface area contributed by atoms with Crippen LogP contribution in [0.15, 0.2) is 30.5 Å². The third-order valence-corrected chi connectivity index (χ3v) is 6.38. The third kappa shape index (κ3) is 4.91. The number of aliphatic hydroxyl groups excluding tert-OH is 4. The Morgan fingerprint density at radius 1 is 1.12 bits per heavy atom. The van der Waals surface area contributed by atoms with Gasteiger partial charge in [-0.15, -0.1) is 0 Å². The lowest BCUT2D eigenvalue weighted by Gasteiger charge is -2.39. The zero-order valence-electron chi connectivity index (χ0n) is 18.2. The number of aromatic nitrogens is 1. The summed E-state index contributed by atoms with van der Waals surface area (Å²) >= 11 is 0. The molecule has 1 unspecified atom stereocenters. The SMILES string of the molecule is Cc1c(Cc2ccc(C(F)F)cc2)c(O[C@@H]2O[C@H](CO)[C@@H](O)[C@H](O)[C@H]2O)cn1C1CCOC1. The van der Waals surface area contributed by atoms with E-state index >= 15 is 0 Å². The summed E-state index contributed by atoms with van der Waals surface area (Å²) in [6.07, 6.45) is -6.58. The van der Waals surface area contributed by atoms with Crippen LogP contribution in [0.4, 0.5) is 8.78 Å². The number of nitrogens with zero attached hydrogens (tertiary/aromatic N) is 1. The second-order valence-corrected chi connectivity index (χ2v) is 8.52. The summed E-state index contributed by atoms with van der Waals surface area (Å²) in [7, 11) is 0. The van der Waals surface area contributed by atoms with Crippen molar-refractivity contribution in [3.8, 4) is 5.75 Å². The fourth-order valence-electron chi connectivity index (χ4n) is 4.35. The molecule has 0 radical (unpaired) electrons. The Hall–Kier alpha value is -2.08.